The summed E-state index contributed by atoms with van der Waals surface area (Å²) >= 11 is 0. The Kier molecular flexibility index (Phi) is 7.81. The van der Waals surface area contributed by atoms with Crippen LogP contribution in [0.5, 0.6) is 0 Å². The molecule has 0 aromatic heterocycles. The molecule has 0 saturated heterocycles. The Labute approximate surface area is 107 Å². The minimum absolute atomic E-state index is 0.0246. The fourth-order valence-corrected chi connectivity index (χ4v) is 1.52. The Morgan fingerprint density at radius 3 is 2.18 bits per heavy atom. The van der Waals surface area contributed by atoms with E-state index in [1.807, 2.05) is 0 Å². The summed E-state index contributed by atoms with van der Waals surface area (Å²) in [4.78, 5) is 4.68. The second-order valence-corrected chi connectivity index (χ2v) is 4.90. The molecule has 0 spiro atoms. The fourth-order valence-electron chi connectivity index (χ4n) is 1.52. The van der Waals surface area contributed by atoms with Crippen molar-refractivity contribution in [2.24, 2.45) is 16.6 Å². The topological polar surface area (TPSA) is 38.4 Å². The zero-order valence-electron chi connectivity index (χ0n) is 12.2. The number of nitrogens with zero attached hydrogens (tertiary/aromatic N) is 1. The highest BCUT2D eigenvalue weighted by Gasteiger charge is 2.04. The largest absolute Gasteiger partial charge is 0.321 e. The van der Waals surface area contributed by atoms with Crippen LogP contribution in [-0.2, 0) is 0 Å². The van der Waals surface area contributed by atoms with Crippen LogP contribution >= 0.6 is 0 Å². The Morgan fingerprint density at radius 1 is 1.18 bits per heavy atom. The molecule has 2 heteroatoms. The minimum Gasteiger partial charge on any atom is -0.321 e. The van der Waals surface area contributed by atoms with Crippen LogP contribution in [-0.4, -0.2) is 11.8 Å². The van der Waals surface area contributed by atoms with Crippen LogP contribution in [0.2, 0.25) is 0 Å². The van der Waals surface area contributed by atoms with Crippen LogP contribution in [0.3, 0.4) is 0 Å². The van der Waals surface area contributed by atoms with Crippen molar-refractivity contribution in [3.8, 4) is 0 Å². The molecular formula is C15H28N2. The van der Waals surface area contributed by atoms with E-state index in [0.29, 0.717) is 5.92 Å². The van der Waals surface area contributed by atoms with E-state index in [1.54, 1.807) is 0 Å². The maximum Gasteiger partial charge on any atom is 0.0433 e. The maximum absolute atomic E-state index is 6.01. The normalized spacial score (nSPS) is 16.6. The molecule has 0 aliphatic rings. The minimum atomic E-state index is -0.0246. The zero-order valence-corrected chi connectivity index (χ0v) is 12.2. The molecular weight excluding hydrogens is 208 g/mol. The van der Waals surface area contributed by atoms with Gasteiger partial charge in [0.2, 0.25) is 0 Å². The van der Waals surface area contributed by atoms with Gasteiger partial charge in [0.1, 0.15) is 0 Å². The summed E-state index contributed by atoms with van der Waals surface area (Å²) in [6.07, 6.45) is 6.17. The van der Waals surface area contributed by atoms with Gasteiger partial charge in [-0.25, -0.2) is 0 Å². The van der Waals surface area contributed by atoms with Gasteiger partial charge in [0, 0.05) is 17.5 Å². The third kappa shape index (κ3) is 7.11. The van der Waals surface area contributed by atoms with Gasteiger partial charge in [0.05, 0.1) is 0 Å². The summed E-state index contributed by atoms with van der Waals surface area (Å²) in [5.41, 5.74) is 9.55. The van der Waals surface area contributed by atoms with E-state index in [9.17, 15) is 0 Å². The van der Waals surface area contributed by atoms with E-state index < -0.39 is 0 Å². The summed E-state index contributed by atoms with van der Waals surface area (Å²) in [6, 6.07) is -0.0246. The summed E-state index contributed by atoms with van der Waals surface area (Å²) in [5, 5.41) is 0. The van der Waals surface area contributed by atoms with Gasteiger partial charge in [0.15, 0.2) is 0 Å². The Bertz CT molecular complexity index is 307. The predicted molar refractivity (Wildman–Crippen MR) is 78.3 cm³/mol. The first kappa shape index (κ1) is 16.1. The van der Waals surface area contributed by atoms with Crippen molar-refractivity contribution in [2.45, 2.75) is 60.4 Å². The SMILES string of the molecule is CCC(=CC(N)C=C(C)C)N=C(C)C(C)CC. The lowest BCUT2D eigenvalue weighted by atomic mass is 10.0. The van der Waals surface area contributed by atoms with Gasteiger partial charge in [0.25, 0.3) is 0 Å². The van der Waals surface area contributed by atoms with Crippen molar-refractivity contribution < 1.29 is 0 Å². The highest BCUT2D eigenvalue weighted by molar-refractivity contribution is 5.84. The number of aliphatic imine (C=N–C) groups is 1. The van der Waals surface area contributed by atoms with Crippen molar-refractivity contribution in [1.29, 1.82) is 0 Å². The summed E-state index contributed by atoms with van der Waals surface area (Å²) in [5.74, 6) is 0.546. The summed E-state index contributed by atoms with van der Waals surface area (Å²) in [7, 11) is 0. The van der Waals surface area contributed by atoms with Crippen LogP contribution in [0.4, 0.5) is 0 Å². The smallest absolute Gasteiger partial charge is 0.0433 e. The van der Waals surface area contributed by atoms with Gasteiger partial charge in [-0.3, -0.25) is 4.99 Å². The van der Waals surface area contributed by atoms with Crippen molar-refractivity contribution in [3.63, 3.8) is 0 Å². The van der Waals surface area contributed by atoms with E-state index in [2.05, 4.69) is 58.7 Å². The van der Waals surface area contributed by atoms with Gasteiger partial charge < -0.3 is 5.73 Å². The number of nitrogens with two attached hydrogens (primary N) is 1. The van der Waals surface area contributed by atoms with Gasteiger partial charge >= 0.3 is 0 Å². The molecule has 0 bridgehead atoms. The second-order valence-electron chi connectivity index (χ2n) is 4.90. The molecule has 0 aromatic rings. The number of allylic oxidation sites excluding steroid dienone is 2. The van der Waals surface area contributed by atoms with Crippen LogP contribution in [0, 0.1) is 5.92 Å². The summed E-state index contributed by atoms with van der Waals surface area (Å²) in [6.45, 7) is 12.7. The third-order valence-electron chi connectivity index (χ3n) is 2.92. The standard InChI is InChI=1S/C15H28N2/c1-7-12(5)13(6)17-15(8-2)10-14(16)9-11(3)4/h9-10,12,14H,7-8,16H2,1-6H3. The van der Waals surface area contributed by atoms with Crippen molar-refractivity contribution in [3.05, 3.63) is 23.4 Å². The molecule has 2 unspecified atom stereocenters. The van der Waals surface area contributed by atoms with Crippen LogP contribution in [0.15, 0.2) is 28.4 Å². The van der Waals surface area contributed by atoms with Crippen molar-refractivity contribution in [1.82, 2.24) is 0 Å². The highest BCUT2D eigenvalue weighted by Crippen LogP contribution is 2.11. The molecule has 0 heterocycles. The van der Waals surface area contributed by atoms with E-state index in [-0.39, 0.29) is 6.04 Å². The lowest BCUT2D eigenvalue weighted by Crippen LogP contribution is -2.15. The average molecular weight is 236 g/mol. The van der Waals surface area contributed by atoms with Gasteiger partial charge in [-0.05, 0) is 45.6 Å². The molecule has 0 radical (unpaired) electrons. The van der Waals surface area contributed by atoms with Crippen molar-refractivity contribution >= 4 is 5.71 Å². The van der Waals surface area contributed by atoms with Crippen LogP contribution in [0.25, 0.3) is 0 Å². The molecule has 2 atom stereocenters. The first-order chi connectivity index (χ1) is 7.90. The Morgan fingerprint density at radius 2 is 1.76 bits per heavy atom. The molecule has 2 nitrogen and oxygen atoms in total. The predicted octanol–water partition coefficient (Wildman–Crippen LogP) is 4.08. The molecule has 0 saturated carbocycles. The first-order valence-corrected chi connectivity index (χ1v) is 6.57. The van der Waals surface area contributed by atoms with Gasteiger partial charge in [-0.15, -0.1) is 0 Å². The van der Waals surface area contributed by atoms with E-state index in [1.165, 1.54) is 11.3 Å². The quantitative estimate of drug-likeness (QED) is 0.547. The van der Waals surface area contributed by atoms with Crippen molar-refractivity contribution in [2.75, 3.05) is 0 Å². The first-order valence-electron chi connectivity index (χ1n) is 6.57. The van der Waals surface area contributed by atoms with E-state index in [4.69, 9.17) is 5.73 Å². The molecule has 0 rings (SSSR count). The number of rotatable bonds is 6. The number of hydrogen-bond donors (Lipinski definition) is 1. The molecule has 2 N–H and O–H groups in total. The van der Waals surface area contributed by atoms with Crippen LogP contribution < -0.4 is 5.73 Å². The van der Waals surface area contributed by atoms with E-state index in [0.717, 1.165) is 18.5 Å². The molecule has 0 fully saturated rings. The second kappa shape index (κ2) is 8.24. The fraction of sp³-hybridized carbons (Fsp3) is 0.667. The van der Waals surface area contributed by atoms with E-state index >= 15 is 0 Å². The maximum atomic E-state index is 6.01. The third-order valence-corrected chi connectivity index (χ3v) is 2.92. The molecule has 0 aromatic carbocycles. The monoisotopic (exact) mass is 236 g/mol. The lowest BCUT2D eigenvalue weighted by Gasteiger charge is -2.10. The molecule has 0 amide bonds. The van der Waals surface area contributed by atoms with Gasteiger partial charge in [-0.2, -0.15) is 0 Å². The highest BCUT2D eigenvalue weighted by atomic mass is 14.8. The molecule has 98 valence electrons. The zero-order chi connectivity index (χ0) is 13.4. The lowest BCUT2D eigenvalue weighted by molar-refractivity contribution is 0.733. The number of hydrogen-bond acceptors (Lipinski definition) is 2. The molecule has 0 aliphatic carbocycles. The Balaban J connectivity index is 4.84. The summed E-state index contributed by atoms with van der Waals surface area (Å²) < 4.78 is 0. The van der Waals surface area contributed by atoms with Gasteiger partial charge in [-0.1, -0.05) is 32.4 Å². The van der Waals surface area contributed by atoms with Crippen LogP contribution in [0.1, 0.15) is 54.4 Å². The average Bonchev–Trinajstić information content (AvgIpc) is 2.25. The Hall–Kier alpha value is -0.890. The molecule has 17 heavy (non-hydrogen) atoms. The molecule has 0 aliphatic heterocycles.